The molecule has 0 saturated carbocycles. The maximum absolute atomic E-state index is 11.6. The molecule has 0 aliphatic heterocycles. The number of carbonyl (C=O) groups excluding carboxylic acids is 1. The van der Waals surface area contributed by atoms with Crippen molar-refractivity contribution in [1.29, 1.82) is 0 Å². The normalized spacial score (nSPS) is 17.3. The van der Waals surface area contributed by atoms with Crippen LogP contribution in [0.1, 0.15) is 30.1 Å². The molecule has 1 N–H and O–H groups in total. The topological polar surface area (TPSA) is 54.4 Å². The summed E-state index contributed by atoms with van der Waals surface area (Å²) in [5, 5.41) is 4.07. The Hall–Kier alpha value is -1.97. The van der Waals surface area contributed by atoms with Crippen LogP contribution in [0.5, 0.6) is 0 Å². The summed E-state index contributed by atoms with van der Waals surface area (Å²) in [6.07, 6.45) is 7.11. The molecule has 1 aliphatic rings. The SMILES string of the molecule is CC1=CC(=NNC(=O)c2ccncc2)CC1. The van der Waals surface area contributed by atoms with E-state index in [-0.39, 0.29) is 5.91 Å². The molecule has 4 heteroatoms. The average Bonchev–Trinajstić information content (AvgIpc) is 2.73. The van der Waals surface area contributed by atoms with E-state index in [1.165, 1.54) is 5.57 Å². The van der Waals surface area contributed by atoms with Gasteiger partial charge in [-0.05, 0) is 38.0 Å². The molecule has 0 fully saturated rings. The molecule has 2 rings (SSSR count). The molecule has 1 aliphatic carbocycles. The minimum atomic E-state index is -0.201. The Morgan fingerprint density at radius 3 is 2.75 bits per heavy atom. The van der Waals surface area contributed by atoms with E-state index in [1.807, 2.05) is 6.08 Å². The Kier molecular flexibility index (Phi) is 3.10. The molecule has 0 aromatic carbocycles. The lowest BCUT2D eigenvalue weighted by Gasteiger charge is -1.99. The summed E-state index contributed by atoms with van der Waals surface area (Å²) in [6, 6.07) is 3.32. The van der Waals surface area contributed by atoms with Crippen LogP contribution < -0.4 is 5.43 Å². The van der Waals surface area contributed by atoms with Gasteiger partial charge in [-0.2, -0.15) is 5.10 Å². The number of nitrogens with one attached hydrogen (secondary N) is 1. The van der Waals surface area contributed by atoms with Crippen molar-refractivity contribution in [2.75, 3.05) is 0 Å². The van der Waals surface area contributed by atoms with Crippen molar-refractivity contribution in [2.45, 2.75) is 19.8 Å². The fourth-order valence-corrected chi connectivity index (χ4v) is 1.53. The standard InChI is InChI=1S/C12H13N3O/c1-9-2-3-11(8-9)14-15-12(16)10-4-6-13-7-5-10/h4-8H,2-3H2,1H3,(H,15,16). The second-order valence-corrected chi connectivity index (χ2v) is 3.77. The number of allylic oxidation sites excluding steroid dienone is 2. The zero-order valence-electron chi connectivity index (χ0n) is 9.10. The summed E-state index contributed by atoms with van der Waals surface area (Å²) >= 11 is 0. The largest absolute Gasteiger partial charge is 0.271 e. The zero-order valence-corrected chi connectivity index (χ0v) is 9.10. The summed E-state index contributed by atoms with van der Waals surface area (Å²) in [5.74, 6) is -0.201. The number of nitrogens with zero attached hydrogens (tertiary/aromatic N) is 2. The molecule has 0 saturated heterocycles. The molecule has 0 atom stereocenters. The van der Waals surface area contributed by atoms with E-state index in [9.17, 15) is 4.79 Å². The van der Waals surface area contributed by atoms with Crippen molar-refractivity contribution < 1.29 is 4.79 Å². The summed E-state index contributed by atoms with van der Waals surface area (Å²) in [4.78, 5) is 15.5. The quantitative estimate of drug-likeness (QED) is 0.766. The van der Waals surface area contributed by atoms with Crippen molar-refractivity contribution in [3.63, 3.8) is 0 Å². The molecular weight excluding hydrogens is 202 g/mol. The highest BCUT2D eigenvalue weighted by molar-refractivity contribution is 6.00. The number of hydrogen-bond acceptors (Lipinski definition) is 3. The van der Waals surface area contributed by atoms with Crippen molar-refractivity contribution in [3.05, 3.63) is 41.7 Å². The Morgan fingerprint density at radius 2 is 2.12 bits per heavy atom. The number of rotatable bonds is 2. The molecule has 0 spiro atoms. The van der Waals surface area contributed by atoms with E-state index >= 15 is 0 Å². The fraction of sp³-hybridized carbons (Fsp3) is 0.250. The predicted molar refractivity (Wildman–Crippen MR) is 62.1 cm³/mol. The van der Waals surface area contributed by atoms with E-state index in [0.29, 0.717) is 5.56 Å². The van der Waals surface area contributed by atoms with Crippen molar-refractivity contribution in [2.24, 2.45) is 5.10 Å². The molecule has 4 nitrogen and oxygen atoms in total. The van der Waals surface area contributed by atoms with E-state index in [4.69, 9.17) is 0 Å². The van der Waals surface area contributed by atoms with Crippen LogP contribution in [0.3, 0.4) is 0 Å². The summed E-state index contributed by atoms with van der Waals surface area (Å²) < 4.78 is 0. The third-order valence-corrected chi connectivity index (χ3v) is 2.43. The Morgan fingerprint density at radius 1 is 1.38 bits per heavy atom. The first-order valence-corrected chi connectivity index (χ1v) is 5.20. The first-order chi connectivity index (χ1) is 7.75. The highest BCUT2D eigenvalue weighted by atomic mass is 16.2. The monoisotopic (exact) mass is 215 g/mol. The minimum absolute atomic E-state index is 0.201. The maximum atomic E-state index is 11.6. The van der Waals surface area contributed by atoms with Crippen LogP contribution in [-0.4, -0.2) is 16.6 Å². The highest BCUT2D eigenvalue weighted by Gasteiger charge is 2.08. The van der Waals surface area contributed by atoms with Crippen LogP contribution in [0.2, 0.25) is 0 Å². The molecular formula is C12H13N3O. The van der Waals surface area contributed by atoms with Crippen LogP contribution >= 0.6 is 0 Å². The molecule has 1 aromatic heterocycles. The number of aromatic nitrogens is 1. The lowest BCUT2D eigenvalue weighted by molar-refractivity contribution is 0.0954. The molecule has 16 heavy (non-hydrogen) atoms. The van der Waals surface area contributed by atoms with Gasteiger partial charge in [0, 0.05) is 18.0 Å². The Balaban J connectivity index is 1.99. The van der Waals surface area contributed by atoms with Gasteiger partial charge in [0.25, 0.3) is 5.91 Å². The number of hydrazone groups is 1. The van der Waals surface area contributed by atoms with Gasteiger partial charge in [0.1, 0.15) is 0 Å². The van der Waals surface area contributed by atoms with Gasteiger partial charge >= 0.3 is 0 Å². The van der Waals surface area contributed by atoms with Gasteiger partial charge in [0.15, 0.2) is 0 Å². The molecule has 1 amide bonds. The molecule has 82 valence electrons. The van der Waals surface area contributed by atoms with E-state index in [0.717, 1.165) is 18.6 Å². The van der Waals surface area contributed by atoms with Gasteiger partial charge < -0.3 is 0 Å². The highest BCUT2D eigenvalue weighted by Crippen LogP contribution is 2.14. The van der Waals surface area contributed by atoms with Gasteiger partial charge in [0.2, 0.25) is 0 Å². The zero-order chi connectivity index (χ0) is 11.4. The van der Waals surface area contributed by atoms with E-state index in [2.05, 4.69) is 22.4 Å². The molecule has 0 unspecified atom stereocenters. The third kappa shape index (κ3) is 2.53. The van der Waals surface area contributed by atoms with Gasteiger partial charge in [-0.15, -0.1) is 0 Å². The van der Waals surface area contributed by atoms with Crippen LogP contribution in [-0.2, 0) is 0 Å². The number of amides is 1. The van der Waals surface area contributed by atoms with Gasteiger partial charge in [-0.3, -0.25) is 9.78 Å². The number of carbonyl (C=O) groups is 1. The van der Waals surface area contributed by atoms with Crippen LogP contribution in [0.15, 0.2) is 41.3 Å². The molecule has 1 heterocycles. The second-order valence-electron chi connectivity index (χ2n) is 3.77. The smallest absolute Gasteiger partial charge is 0.267 e. The first kappa shape index (κ1) is 10.5. The maximum Gasteiger partial charge on any atom is 0.271 e. The predicted octanol–water partition coefficient (Wildman–Crippen LogP) is 1.91. The van der Waals surface area contributed by atoms with E-state index in [1.54, 1.807) is 24.5 Å². The van der Waals surface area contributed by atoms with Crippen LogP contribution in [0.4, 0.5) is 0 Å². The lowest BCUT2D eigenvalue weighted by Crippen LogP contribution is -2.18. The van der Waals surface area contributed by atoms with Crippen molar-refractivity contribution >= 4 is 11.6 Å². The Labute approximate surface area is 94.1 Å². The summed E-state index contributed by atoms with van der Waals surface area (Å²) in [6.45, 7) is 2.06. The fourth-order valence-electron chi connectivity index (χ4n) is 1.53. The molecule has 1 aromatic rings. The van der Waals surface area contributed by atoms with Crippen molar-refractivity contribution in [1.82, 2.24) is 10.4 Å². The van der Waals surface area contributed by atoms with Gasteiger partial charge in [-0.1, -0.05) is 5.57 Å². The first-order valence-electron chi connectivity index (χ1n) is 5.20. The Bertz CT molecular complexity index is 449. The van der Waals surface area contributed by atoms with Gasteiger partial charge in [-0.25, -0.2) is 5.43 Å². The minimum Gasteiger partial charge on any atom is -0.267 e. The number of hydrogen-bond donors (Lipinski definition) is 1. The number of pyridine rings is 1. The lowest BCUT2D eigenvalue weighted by atomic mass is 10.2. The van der Waals surface area contributed by atoms with Crippen molar-refractivity contribution in [3.8, 4) is 0 Å². The van der Waals surface area contributed by atoms with E-state index < -0.39 is 0 Å². The second kappa shape index (κ2) is 4.70. The average molecular weight is 215 g/mol. The van der Waals surface area contributed by atoms with Crippen LogP contribution in [0, 0.1) is 0 Å². The van der Waals surface area contributed by atoms with Crippen LogP contribution in [0.25, 0.3) is 0 Å². The summed E-state index contributed by atoms with van der Waals surface area (Å²) in [5.41, 5.74) is 5.34. The molecule has 0 radical (unpaired) electrons. The summed E-state index contributed by atoms with van der Waals surface area (Å²) in [7, 11) is 0. The molecule has 0 bridgehead atoms. The van der Waals surface area contributed by atoms with Gasteiger partial charge in [0.05, 0.1) is 5.71 Å². The third-order valence-electron chi connectivity index (χ3n) is 2.43.